The van der Waals surface area contributed by atoms with Gasteiger partial charge in [0.15, 0.2) is 5.17 Å². The Balaban J connectivity index is 1.48. The van der Waals surface area contributed by atoms with Crippen LogP contribution in [0.1, 0.15) is 37.7 Å². The molecule has 0 spiro atoms. The van der Waals surface area contributed by atoms with Crippen LogP contribution in [0.15, 0.2) is 70.1 Å². The lowest BCUT2D eigenvalue weighted by molar-refractivity contribution is -0.124. The highest BCUT2D eigenvalue weighted by molar-refractivity contribution is 8.18. The predicted molar refractivity (Wildman–Crippen MR) is 128 cm³/mol. The maximum atomic E-state index is 13.4. The molecule has 1 aliphatic carbocycles. The fraction of sp³-hybridized carbons (Fsp3) is 0.250. The molecule has 156 valence electrons. The number of rotatable bonds is 4. The number of thiazole rings is 1. The van der Waals surface area contributed by atoms with Gasteiger partial charge in [0.25, 0.3) is 5.91 Å². The van der Waals surface area contributed by atoms with Gasteiger partial charge in [0.1, 0.15) is 0 Å². The van der Waals surface area contributed by atoms with E-state index in [1.165, 1.54) is 29.5 Å². The fourth-order valence-electron chi connectivity index (χ4n) is 3.98. The van der Waals surface area contributed by atoms with Crippen molar-refractivity contribution in [3.63, 3.8) is 0 Å². The van der Waals surface area contributed by atoms with Crippen LogP contribution in [0.25, 0.3) is 17.3 Å². The first-order valence-corrected chi connectivity index (χ1v) is 12.2. The van der Waals surface area contributed by atoms with Gasteiger partial charge in [-0.05, 0) is 42.3 Å². The van der Waals surface area contributed by atoms with Crippen molar-refractivity contribution in [3.05, 3.63) is 70.7 Å². The lowest BCUT2D eigenvalue weighted by atomic mass is 9.94. The highest BCUT2D eigenvalue weighted by Gasteiger charge is 2.38. The van der Waals surface area contributed by atoms with Crippen LogP contribution in [0.4, 0.5) is 5.13 Å². The summed E-state index contributed by atoms with van der Waals surface area (Å²) in [6.07, 6.45) is 11.0. The molecule has 2 aliphatic rings. The van der Waals surface area contributed by atoms with E-state index in [0.29, 0.717) is 10.0 Å². The van der Waals surface area contributed by atoms with Gasteiger partial charge in [-0.2, -0.15) is 4.99 Å². The van der Waals surface area contributed by atoms with Gasteiger partial charge in [-0.15, -0.1) is 11.3 Å². The summed E-state index contributed by atoms with van der Waals surface area (Å²) in [6.45, 7) is 0. The maximum absolute atomic E-state index is 13.4. The minimum absolute atomic E-state index is 0.0411. The van der Waals surface area contributed by atoms with Gasteiger partial charge in [-0.25, -0.2) is 4.98 Å². The summed E-state index contributed by atoms with van der Waals surface area (Å²) >= 11 is 2.95. The number of pyridine rings is 1. The number of amides is 1. The molecule has 5 rings (SSSR count). The number of aromatic nitrogens is 2. The summed E-state index contributed by atoms with van der Waals surface area (Å²) in [5, 5.41) is 3.44. The topological polar surface area (TPSA) is 58.5 Å². The van der Waals surface area contributed by atoms with Crippen LogP contribution in [0.3, 0.4) is 0 Å². The molecular weight excluding hydrogens is 424 g/mol. The molecule has 1 amide bonds. The van der Waals surface area contributed by atoms with Crippen molar-refractivity contribution < 1.29 is 4.79 Å². The van der Waals surface area contributed by atoms with Gasteiger partial charge in [-0.3, -0.25) is 14.7 Å². The monoisotopic (exact) mass is 446 g/mol. The molecule has 0 N–H and O–H groups in total. The molecule has 0 atom stereocenters. The standard InChI is InChI=1S/C24H22N4OS2/c29-22-21(14-17-8-7-13-25-15-17)31-24(28(22)19-11-5-2-6-12-19)27-23-26-20(16-30-23)18-9-3-1-4-10-18/h1,3-4,7-10,13-16,19H,2,5-6,11-12H2/b21-14-,27-24+. The van der Waals surface area contributed by atoms with E-state index in [0.717, 1.165) is 47.7 Å². The van der Waals surface area contributed by atoms with Crippen molar-refractivity contribution in [1.29, 1.82) is 0 Å². The average Bonchev–Trinajstić information content (AvgIpc) is 3.40. The third-order valence-corrected chi connectivity index (χ3v) is 7.23. The number of aliphatic imine (C=N–C) groups is 1. The summed E-state index contributed by atoms with van der Waals surface area (Å²) in [5.41, 5.74) is 2.90. The Morgan fingerprint density at radius 1 is 1.06 bits per heavy atom. The molecule has 3 heterocycles. The SMILES string of the molecule is O=C1/C(=C/c2cccnc2)S/C(=N/c2nc(-c3ccccc3)cs2)N1C1CCCCC1. The van der Waals surface area contributed by atoms with Gasteiger partial charge < -0.3 is 0 Å². The Labute approximate surface area is 190 Å². The van der Waals surface area contributed by atoms with E-state index in [9.17, 15) is 4.79 Å². The van der Waals surface area contributed by atoms with E-state index >= 15 is 0 Å². The first-order valence-electron chi connectivity index (χ1n) is 10.5. The highest BCUT2D eigenvalue weighted by atomic mass is 32.2. The molecule has 0 unspecified atom stereocenters. The van der Waals surface area contributed by atoms with Crippen molar-refractivity contribution in [2.24, 2.45) is 4.99 Å². The molecule has 7 heteroatoms. The molecule has 3 aromatic rings. The molecule has 2 aromatic heterocycles. The average molecular weight is 447 g/mol. The second-order valence-corrected chi connectivity index (χ2v) is 9.49. The summed E-state index contributed by atoms with van der Waals surface area (Å²) < 4.78 is 0. The molecule has 1 saturated carbocycles. The van der Waals surface area contributed by atoms with Crippen LogP contribution in [0.2, 0.25) is 0 Å². The Kier molecular flexibility index (Phi) is 5.95. The van der Waals surface area contributed by atoms with Crippen molar-refractivity contribution >= 4 is 45.4 Å². The molecular formula is C24H22N4OS2. The van der Waals surface area contributed by atoms with E-state index in [1.807, 2.05) is 58.8 Å². The van der Waals surface area contributed by atoms with Crippen LogP contribution >= 0.6 is 23.1 Å². The Morgan fingerprint density at radius 3 is 2.68 bits per heavy atom. The molecule has 1 aromatic carbocycles. The zero-order chi connectivity index (χ0) is 21.0. The molecule has 1 aliphatic heterocycles. The number of carbonyl (C=O) groups is 1. The molecule has 1 saturated heterocycles. The Hall–Kier alpha value is -2.77. The molecule has 0 bridgehead atoms. The van der Waals surface area contributed by atoms with Gasteiger partial charge in [0.05, 0.1) is 10.6 Å². The van der Waals surface area contributed by atoms with Crippen molar-refractivity contribution in [3.8, 4) is 11.3 Å². The number of hydrogen-bond donors (Lipinski definition) is 0. The number of carbonyl (C=O) groups excluding carboxylic acids is 1. The molecule has 5 nitrogen and oxygen atoms in total. The number of nitrogens with zero attached hydrogens (tertiary/aromatic N) is 4. The van der Waals surface area contributed by atoms with Gasteiger partial charge in [0.2, 0.25) is 5.13 Å². The zero-order valence-electron chi connectivity index (χ0n) is 17.0. The summed E-state index contributed by atoms with van der Waals surface area (Å²) in [7, 11) is 0. The fourth-order valence-corrected chi connectivity index (χ4v) is 5.77. The van der Waals surface area contributed by atoms with Crippen molar-refractivity contribution in [2.45, 2.75) is 38.1 Å². The molecule has 0 radical (unpaired) electrons. The summed E-state index contributed by atoms with van der Waals surface area (Å²) in [6, 6.07) is 14.1. The second kappa shape index (κ2) is 9.16. The highest BCUT2D eigenvalue weighted by Crippen LogP contribution is 2.39. The number of benzene rings is 1. The zero-order valence-corrected chi connectivity index (χ0v) is 18.6. The Bertz CT molecular complexity index is 1120. The smallest absolute Gasteiger partial charge is 0.267 e. The number of amidine groups is 1. The van der Waals surface area contributed by atoms with Crippen LogP contribution in [0, 0.1) is 0 Å². The molecule has 31 heavy (non-hydrogen) atoms. The third kappa shape index (κ3) is 4.48. The van der Waals surface area contributed by atoms with E-state index in [4.69, 9.17) is 9.98 Å². The van der Waals surface area contributed by atoms with Crippen molar-refractivity contribution in [1.82, 2.24) is 14.9 Å². The second-order valence-electron chi connectivity index (χ2n) is 7.64. The van der Waals surface area contributed by atoms with E-state index in [1.54, 1.807) is 12.4 Å². The quantitative estimate of drug-likeness (QED) is 0.452. The van der Waals surface area contributed by atoms with E-state index in [-0.39, 0.29) is 11.9 Å². The first kappa shape index (κ1) is 20.2. The minimum Gasteiger partial charge on any atom is -0.283 e. The minimum atomic E-state index is 0.0411. The lowest BCUT2D eigenvalue weighted by Gasteiger charge is -2.30. The van der Waals surface area contributed by atoms with Crippen LogP contribution < -0.4 is 0 Å². The lowest BCUT2D eigenvalue weighted by Crippen LogP contribution is -2.40. The first-order chi connectivity index (χ1) is 15.3. The third-order valence-electron chi connectivity index (χ3n) is 5.51. The normalized spacial score (nSPS) is 20.1. The Morgan fingerprint density at radius 2 is 1.90 bits per heavy atom. The van der Waals surface area contributed by atoms with Gasteiger partial charge >= 0.3 is 0 Å². The number of thioether (sulfide) groups is 1. The summed E-state index contributed by atoms with van der Waals surface area (Å²) in [5.74, 6) is 0.0411. The molecule has 2 fully saturated rings. The van der Waals surface area contributed by atoms with E-state index in [2.05, 4.69) is 4.98 Å². The summed E-state index contributed by atoms with van der Waals surface area (Å²) in [4.78, 5) is 29.7. The van der Waals surface area contributed by atoms with E-state index < -0.39 is 0 Å². The van der Waals surface area contributed by atoms with Crippen LogP contribution in [-0.4, -0.2) is 32.0 Å². The van der Waals surface area contributed by atoms with Gasteiger partial charge in [-0.1, -0.05) is 55.7 Å². The predicted octanol–water partition coefficient (Wildman–Crippen LogP) is 6.14. The van der Waals surface area contributed by atoms with Crippen LogP contribution in [0.5, 0.6) is 0 Å². The maximum Gasteiger partial charge on any atom is 0.267 e. The largest absolute Gasteiger partial charge is 0.283 e. The van der Waals surface area contributed by atoms with Gasteiger partial charge in [0, 0.05) is 29.4 Å². The van der Waals surface area contributed by atoms with Crippen molar-refractivity contribution in [2.75, 3.05) is 0 Å². The number of hydrogen-bond acceptors (Lipinski definition) is 6. The van der Waals surface area contributed by atoms with Crippen LogP contribution in [-0.2, 0) is 4.79 Å².